The average molecular weight is 842 g/mol. The largest absolute Gasteiger partial charge is 2.00 e. The molecule has 4 aromatic carbocycles. The van der Waals surface area contributed by atoms with Crippen LogP contribution in [0.5, 0.6) is 17.2 Å². The molecule has 0 radical (unpaired) electrons. The monoisotopic (exact) mass is 841 g/mol. The van der Waals surface area contributed by atoms with Crippen molar-refractivity contribution in [3.63, 3.8) is 0 Å². The molecule has 3 aromatic heterocycles. The van der Waals surface area contributed by atoms with Crippen LogP contribution >= 0.6 is 0 Å². The van der Waals surface area contributed by atoms with Gasteiger partial charge < -0.3 is 14.0 Å². The molecule has 0 amide bonds. The average Bonchev–Trinajstić information content (AvgIpc) is 3.65. The fourth-order valence-corrected chi connectivity index (χ4v) is 6.73. The second-order valence-electron chi connectivity index (χ2n) is 13.3. The molecule has 0 aliphatic rings. The molecule has 3 heterocycles. The number of nitrogens with zero attached hydrogens (tertiary/aromatic N) is 4. The van der Waals surface area contributed by atoms with E-state index in [1.54, 1.807) is 6.20 Å². The predicted octanol–water partition coefficient (Wildman–Crippen LogP) is 11.0. The molecule has 0 aliphatic heterocycles. The molecule has 50 heavy (non-hydrogen) atoms. The van der Waals surface area contributed by atoms with E-state index in [2.05, 4.69) is 106 Å². The molecule has 0 atom stereocenters. The Morgan fingerprint density at radius 3 is 2.24 bits per heavy atom. The van der Waals surface area contributed by atoms with Crippen LogP contribution in [0.1, 0.15) is 74.5 Å². The summed E-state index contributed by atoms with van der Waals surface area (Å²) in [7, 11) is 0. The Balaban J connectivity index is 0.00000432. The van der Waals surface area contributed by atoms with Gasteiger partial charge in [-0.25, -0.2) is 4.98 Å². The number of rotatable bonds is 9. The van der Waals surface area contributed by atoms with Gasteiger partial charge in [0, 0.05) is 34.8 Å². The molecule has 0 unspecified atom stereocenters. The second-order valence-corrected chi connectivity index (χ2v) is 13.3. The molecule has 7 rings (SSSR count). The van der Waals surface area contributed by atoms with Crippen LogP contribution in [-0.4, -0.2) is 25.9 Å². The maximum atomic E-state index is 6.50. The van der Waals surface area contributed by atoms with Crippen molar-refractivity contribution in [1.29, 1.82) is 0 Å². The third kappa shape index (κ3) is 6.38. The van der Waals surface area contributed by atoms with Gasteiger partial charge in [-0.2, -0.15) is 17.2 Å². The number of para-hydroxylation sites is 1. The molecular formula is C43H42N4O2Pt. The van der Waals surface area contributed by atoms with Gasteiger partial charge in [0.25, 0.3) is 0 Å². The SMILES string of the molecule is CCOc1ccnc(-n2c3[c-]c(Oc4[c-]c(-n5nc(C(C)C)c(-c6cc(C)c(C)c(C)c6)c5C(C)C)ccc4)ccc3c3ccccc32)c1.[Pt+2]. The molecule has 7 aromatic rings. The van der Waals surface area contributed by atoms with Gasteiger partial charge in [0.15, 0.2) is 0 Å². The number of benzene rings is 4. The zero-order chi connectivity index (χ0) is 34.4. The second kappa shape index (κ2) is 14.3. The third-order valence-electron chi connectivity index (χ3n) is 9.27. The Hall–Kier alpha value is -4.67. The van der Waals surface area contributed by atoms with Gasteiger partial charge in [0.1, 0.15) is 11.6 Å². The van der Waals surface area contributed by atoms with E-state index < -0.39 is 0 Å². The Labute approximate surface area is 309 Å². The molecule has 7 heteroatoms. The van der Waals surface area contributed by atoms with Crippen molar-refractivity contribution in [2.75, 3.05) is 6.61 Å². The number of hydrogen-bond donors (Lipinski definition) is 0. The van der Waals surface area contributed by atoms with Crippen molar-refractivity contribution in [3.8, 4) is 39.9 Å². The van der Waals surface area contributed by atoms with Gasteiger partial charge in [0.2, 0.25) is 0 Å². The van der Waals surface area contributed by atoms with Crippen molar-refractivity contribution < 1.29 is 30.5 Å². The maximum Gasteiger partial charge on any atom is 2.00 e. The van der Waals surface area contributed by atoms with Crippen LogP contribution in [0.3, 0.4) is 0 Å². The van der Waals surface area contributed by atoms with E-state index in [1.165, 1.54) is 33.5 Å². The molecule has 0 spiro atoms. The van der Waals surface area contributed by atoms with Crippen LogP contribution in [0.2, 0.25) is 0 Å². The Bertz CT molecular complexity index is 2310. The molecule has 0 N–H and O–H groups in total. The zero-order valence-electron chi connectivity index (χ0n) is 29.9. The minimum absolute atomic E-state index is 0. The number of pyridine rings is 1. The summed E-state index contributed by atoms with van der Waals surface area (Å²) in [5.41, 5.74) is 11.3. The standard InChI is InChI=1S/C43H42N4O2.Pt/c1-9-48-33-19-20-44-40(25-33)46-38-16-11-10-15-36(38)37-18-17-35(24-39(37)46)49-34-14-12-13-32(23-34)47-43(27(4)5)41(42(45-47)26(2)3)31-21-28(6)30(8)29(7)22-31;/h10-22,25-27H,9H2,1-8H3;/q-2;+2. The van der Waals surface area contributed by atoms with E-state index in [0.717, 1.165) is 44.8 Å². The number of aromatic nitrogens is 4. The summed E-state index contributed by atoms with van der Waals surface area (Å²) >= 11 is 0. The first kappa shape index (κ1) is 35.2. The third-order valence-corrected chi connectivity index (χ3v) is 9.27. The quantitative estimate of drug-likeness (QED) is 0.136. The van der Waals surface area contributed by atoms with Crippen molar-refractivity contribution in [3.05, 3.63) is 125 Å². The fraction of sp³-hybridized carbons (Fsp3) is 0.256. The van der Waals surface area contributed by atoms with E-state index in [-0.39, 0.29) is 32.9 Å². The van der Waals surface area contributed by atoms with Gasteiger partial charge in [-0.05, 0) is 85.0 Å². The first-order valence-electron chi connectivity index (χ1n) is 17.1. The normalized spacial score (nSPS) is 11.5. The summed E-state index contributed by atoms with van der Waals surface area (Å²) in [5.74, 6) is 3.17. The fourth-order valence-electron chi connectivity index (χ4n) is 6.73. The van der Waals surface area contributed by atoms with E-state index in [1.807, 2.05) is 49.4 Å². The summed E-state index contributed by atoms with van der Waals surface area (Å²) in [6, 6.07) is 33.9. The maximum absolute atomic E-state index is 6.50. The topological polar surface area (TPSA) is 54.1 Å². The molecule has 0 saturated heterocycles. The molecule has 6 nitrogen and oxygen atoms in total. The molecule has 0 fully saturated rings. The van der Waals surface area contributed by atoms with Gasteiger partial charge in [-0.15, -0.1) is 35.7 Å². The molecule has 0 saturated carbocycles. The smallest absolute Gasteiger partial charge is 0.509 e. The number of aryl methyl sites for hydroxylation is 2. The first-order valence-corrected chi connectivity index (χ1v) is 17.1. The van der Waals surface area contributed by atoms with Gasteiger partial charge >= 0.3 is 21.1 Å². The molecule has 256 valence electrons. The van der Waals surface area contributed by atoms with Crippen molar-refractivity contribution in [1.82, 2.24) is 19.3 Å². The van der Waals surface area contributed by atoms with Crippen LogP contribution in [0.25, 0.3) is 44.4 Å². The zero-order valence-corrected chi connectivity index (χ0v) is 32.1. The molecule has 0 bridgehead atoms. The number of fused-ring (bicyclic) bond motifs is 3. The van der Waals surface area contributed by atoms with Crippen LogP contribution in [0.4, 0.5) is 0 Å². The minimum atomic E-state index is 0. The number of hydrogen-bond acceptors (Lipinski definition) is 4. The Morgan fingerprint density at radius 2 is 1.52 bits per heavy atom. The molecule has 0 aliphatic carbocycles. The summed E-state index contributed by atoms with van der Waals surface area (Å²) in [6.45, 7) is 18.0. The summed E-state index contributed by atoms with van der Waals surface area (Å²) in [4.78, 5) is 4.71. The van der Waals surface area contributed by atoms with E-state index >= 15 is 0 Å². The Morgan fingerprint density at radius 1 is 0.780 bits per heavy atom. The first-order chi connectivity index (χ1) is 23.6. The van der Waals surface area contributed by atoms with Crippen LogP contribution < -0.4 is 9.47 Å². The Kier molecular flexibility index (Phi) is 10.0. The van der Waals surface area contributed by atoms with E-state index in [9.17, 15) is 0 Å². The van der Waals surface area contributed by atoms with Gasteiger partial charge in [-0.1, -0.05) is 63.5 Å². The summed E-state index contributed by atoms with van der Waals surface area (Å²) < 4.78 is 16.5. The predicted molar refractivity (Wildman–Crippen MR) is 199 cm³/mol. The number of ether oxygens (including phenoxy) is 2. The van der Waals surface area contributed by atoms with Crippen LogP contribution in [-0.2, 0) is 21.1 Å². The molecular weight excluding hydrogens is 800 g/mol. The van der Waals surface area contributed by atoms with Crippen molar-refractivity contribution in [2.24, 2.45) is 0 Å². The van der Waals surface area contributed by atoms with Gasteiger partial charge in [-0.3, -0.25) is 4.68 Å². The van der Waals surface area contributed by atoms with Crippen LogP contribution in [0.15, 0.2) is 85.1 Å². The van der Waals surface area contributed by atoms with Gasteiger partial charge in [0.05, 0.1) is 18.0 Å². The van der Waals surface area contributed by atoms with E-state index in [4.69, 9.17) is 19.6 Å². The van der Waals surface area contributed by atoms with Crippen LogP contribution in [0, 0.1) is 32.9 Å². The minimum Gasteiger partial charge on any atom is -0.509 e. The van der Waals surface area contributed by atoms with E-state index in [0.29, 0.717) is 18.1 Å². The summed E-state index contributed by atoms with van der Waals surface area (Å²) in [6.07, 6.45) is 1.78. The van der Waals surface area contributed by atoms with Crippen molar-refractivity contribution >= 4 is 21.8 Å². The van der Waals surface area contributed by atoms with Crippen molar-refractivity contribution in [2.45, 2.75) is 67.2 Å². The summed E-state index contributed by atoms with van der Waals surface area (Å²) in [5, 5.41) is 7.43.